The Morgan fingerprint density at radius 2 is 2.09 bits per heavy atom. The number of carbonyl (C=O) groups excluding carboxylic acids is 2. The molecule has 0 spiro atoms. The topological polar surface area (TPSA) is 71.8 Å². The average molecular weight is 337 g/mol. The Morgan fingerprint density at radius 3 is 2.65 bits per heavy atom. The minimum Gasteiger partial charge on any atom is -0.467 e. The van der Waals surface area contributed by atoms with E-state index < -0.39 is 5.97 Å². The van der Waals surface area contributed by atoms with Crippen LogP contribution in [-0.4, -0.2) is 31.1 Å². The van der Waals surface area contributed by atoms with Gasteiger partial charge in [0.1, 0.15) is 5.76 Å². The molecule has 0 saturated heterocycles. The Bertz CT molecular complexity index is 700. The number of ether oxygens (including phenoxy) is 1. The Kier molecular flexibility index (Phi) is 5.28. The lowest BCUT2D eigenvalue weighted by Gasteiger charge is -2.23. The number of carbonyl (C=O) groups is 2. The van der Waals surface area contributed by atoms with Crippen molar-refractivity contribution in [3.05, 3.63) is 52.9 Å². The summed E-state index contributed by atoms with van der Waals surface area (Å²) in [4.78, 5) is 25.3. The van der Waals surface area contributed by atoms with E-state index in [-0.39, 0.29) is 22.7 Å². The van der Waals surface area contributed by atoms with Crippen molar-refractivity contribution in [3.63, 3.8) is 0 Å². The van der Waals surface area contributed by atoms with Crippen molar-refractivity contribution in [2.75, 3.05) is 19.5 Å². The number of halogens is 1. The van der Waals surface area contributed by atoms with Gasteiger partial charge in [-0.15, -0.1) is 0 Å². The fraction of sp³-hybridized carbons (Fsp3) is 0.250. The van der Waals surface area contributed by atoms with Crippen molar-refractivity contribution in [2.24, 2.45) is 0 Å². The van der Waals surface area contributed by atoms with Crippen LogP contribution < -0.4 is 5.32 Å². The second-order valence-electron chi connectivity index (χ2n) is 4.92. The van der Waals surface area contributed by atoms with Crippen LogP contribution in [0.15, 0.2) is 41.0 Å². The third-order valence-corrected chi connectivity index (χ3v) is 3.79. The number of anilines is 1. The molecule has 2 aromatic rings. The summed E-state index contributed by atoms with van der Waals surface area (Å²) in [6.45, 7) is 1.85. The first-order valence-corrected chi connectivity index (χ1v) is 7.27. The van der Waals surface area contributed by atoms with Gasteiger partial charge in [0.05, 0.1) is 30.0 Å². The second-order valence-corrected chi connectivity index (χ2v) is 5.33. The fourth-order valence-corrected chi connectivity index (χ4v) is 2.23. The second kappa shape index (κ2) is 7.19. The molecule has 2 rings (SSSR count). The molecule has 1 atom stereocenters. The van der Waals surface area contributed by atoms with E-state index in [2.05, 4.69) is 10.1 Å². The smallest absolute Gasteiger partial charge is 0.339 e. The molecule has 0 saturated carbocycles. The predicted molar refractivity (Wildman–Crippen MR) is 86.7 cm³/mol. The summed E-state index contributed by atoms with van der Waals surface area (Å²) in [7, 11) is 2.94. The van der Waals surface area contributed by atoms with Crippen molar-refractivity contribution < 1.29 is 18.7 Å². The summed E-state index contributed by atoms with van der Waals surface area (Å²) < 4.78 is 9.92. The minimum absolute atomic E-state index is 0.205. The van der Waals surface area contributed by atoms with Crippen molar-refractivity contribution >= 4 is 29.3 Å². The molecular formula is C16H17ClN2O4. The lowest BCUT2D eigenvalue weighted by molar-refractivity contribution is 0.0601. The molecule has 1 N–H and O–H groups in total. The van der Waals surface area contributed by atoms with Crippen LogP contribution in [0.1, 0.15) is 29.1 Å². The Morgan fingerprint density at radius 1 is 1.35 bits per heavy atom. The fourth-order valence-electron chi connectivity index (χ4n) is 1.98. The molecule has 0 unspecified atom stereocenters. The van der Waals surface area contributed by atoms with Crippen molar-refractivity contribution in [3.8, 4) is 0 Å². The molecule has 0 fully saturated rings. The Hall–Kier alpha value is -2.47. The Balaban J connectivity index is 2.08. The molecule has 0 aliphatic carbocycles. The van der Waals surface area contributed by atoms with Crippen LogP contribution in [-0.2, 0) is 4.74 Å². The van der Waals surface area contributed by atoms with Crippen LogP contribution in [0, 0.1) is 0 Å². The number of methoxy groups -OCH3 is 1. The van der Waals surface area contributed by atoms with Gasteiger partial charge in [-0.25, -0.2) is 9.59 Å². The molecule has 0 bridgehead atoms. The molecule has 1 aromatic heterocycles. The Labute approximate surface area is 139 Å². The monoisotopic (exact) mass is 336 g/mol. The zero-order valence-corrected chi connectivity index (χ0v) is 13.8. The van der Waals surface area contributed by atoms with Crippen molar-refractivity contribution in [1.29, 1.82) is 0 Å². The maximum atomic E-state index is 12.3. The molecule has 0 aliphatic rings. The zero-order valence-electron chi connectivity index (χ0n) is 13.0. The van der Waals surface area contributed by atoms with Gasteiger partial charge in [0.15, 0.2) is 0 Å². The van der Waals surface area contributed by atoms with Gasteiger partial charge in [0.25, 0.3) is 0 Å². The number of nitrogens with zero attached hydrogens (tertiary/aromatic N) is 1. The third kappa shape index (κ3) is 3.84. The van der Waals surface area contributed by atoms with Gasteiger partial charge in [0, 0.05) is 12.7 Å². The lowest BCUT2D eigenvalue weighted by Crippen LogP contribution is -2.33. The summed E-state index contributed by atoms with van der Waals surface area (Å²) in [6.07, 6.45) is 1.56. The highest BCUT2D eigenvalue weighted by Gasteiger charge is 2.20. The maximum absolute atomic E-state index is 12.3. The average Bonchev–Trinajstić information content (AvgIpc) is 3.07. The van der Waals surface area contributed by atoms with Crippen molar-refractivity contribution in [1.82, 2.24) is 4.90 Å². The van der Waals surface area contributed by atoms with Crippen LogP contribution in [0.25, 0.3) is 0 Å². The minimum atomic E-state index is -0.531. The predicted octanol–water partition coefficient (Wildman–Crippen LogP) is 3.94. The van der Waals surface area contributed by atoms with Gasteiger partial charge in [-0.2, -0.15) is 0 Å². The van der Waals surface area contributed by atoms with Gasteiger partial charge >= 0.3 is 12.0 Å². The molecule has 0 radical (unpaired) electrons. The highest BCUT2D eigenvalue weighted by molar-refractivity contribution is 6.33. The van der Waals surface area contributed by atoms with E-state index in [1.807, 2.05) is 6.92 Å². The summed E-state index contributed by atoms with van der Waals surface area (Å²) in [6, 6.07) is 7.60. The van der Waals surface area contributed by atoms with Crippen LogP contribution in [0.2, 0.25) is 5.02 Å². The van der Waals surface area contributed by atoms with E-state index >= 15 is 0 Å². The summed E-state index contributed by atoms with van der Waals surface area (Å²) >= 11 is 6.03. The first kappa shape index (κ1) is 16.9. The molecule has 1 aromatic carbocycles. The van der Waals surface area contributed by atoms with E-state index in [1.165, 1.54) is 24.1 Å². The largest absolute Gasteiger partial charge is 0.467 e. The first-order chi connectivity index (χ1) is 10.9. The standard InChI is InChI=1S/C16H17ClN2O4/c1-10(14-5-4-8-23-14)19(2)16(21)18-11-6-7-12(13(17)9-11)15(20)22-3/h4-10H,1-3H3,(H,18,21)/t10-/m0/s1. The summed E-state index contributed by atoms with van der Waals surface area (Å²) in [5.41, 5.74) is 0.718. The maximum Gasteiger partial charge on any atom is 0.339 e. The normalized spacial score (nSPS) is 11.7. The molecule has 6 nitrogen and oxygen atoms in total. The SMILES string of the molecule is COC(=O)c1ccc(NC(=O)N(C)[C@@H](C)c2ccco2)cc1Cl. The van der Waals surface area contributed by atoms with Crippen LogP contribution >= 0.6 is 11.6 Å². The summed E-state index contributed by atoms with van der Waals surface area (Å²) in [5.74, 6) is 0.151. The van der Waals surface area contributed by atoms with E-state index in [0.717, 1.165) is 0 Å². The number of nitrogens with one attached hydrogen (secondary N) is 1. The lowest BCUT2D eigenvalue weighted by atomic mass is 10.2. The molecule has 122 valence electrons. The number of esters is 1. The molecular weight excluding hydrogens is 320 g/mol. The number of urea groups is 1. The van der Waals surface area contributed by atoms with Crippen LogP contribution in [0.3, 0.4) is 0 Å². The molecule has 0 aliphatic heterocycles. The molecule has 1 heterocycles. The summed E-state index contributed by atoms with van der Waals surface area (Å²) in [5, 5.41) is 2.92. The van der Waals surface area contributed by atoms with Gasteiger partial charge < -0.3 is 19.4 Å². The van der Waals surface area contributed by atoms with Gasteiger partial charge in [0.2, 0.25) is 0 Å². The van der Waals surface area contributed by atoms with Crippen LogP contribution in [0.4, 0.5) is 10.5 Å². The molecule has 7 heteroatoms. The van der Waals surface area contributed by atoms with E-state index in [1.54, 1.807) is 31.5 Å². The number of furan rings is 1. The van der Waals surface area contributed by atoms with Gasteiger partial charge in [-0.1, -0.05) is 11.6 Å². The number of hydrogen-bond donors (Lipinski definition) is 1. The number of benzene rings is 1. The number of rotatable bonds is 4. The molecule has 23 heavy (non-hydrogen) atoms. The van der Waals surface area contributed by atoms with Gasteiger partial charge in [-0.3, -0.25) is 0 Å². The molecule has 2 amide bonds. The number of hydrogen-bond acceptors (Lipinski definition) is 4. The van der Waals surface area contributed by atoms with Gasteiger partial charge in [-0.05, 0) is 37.3 Å². The third-order valence-electron chi connectivity index (χ3n) is 3.48. The van der Waals surface area contributed by atoms with E-state index in [4.69, 9.17) is 16.0 Å². The van der Waals surface area contributed by atoms with Crippen molar-refractivity contribution in [2.45, 2.75) is 13.0 Å². The highest BCUT2D eigenvalue weighted by atomic mass is 35.5. The van der Waals surface area contributed by atoms with E-state index in [9.17, 15) is 9.59 Å². The zero-order chi connectivity index (χ0) is 17.0. The van der Waals surface area contributed by atoms with Crippen LogP contribution in [0.5, 0.6) is 0 Å². The quantitative estimate of drug-likeness (QED) is 0.858. The van der Waals surface area contributed by atoms with E-state index in [0.29, 0.717) is 11.4 Å². The number of amides is 2. The highest BCUT2D eigenvalue weighted by Crippen LogP contribution is 2.23. The first-order valence-electron chi connectivity index (χ1n) is 6.89.